The van der Waals surface area contributed by atoms with E-state index in [4.69, 9.17) is 4.99 Å². The molecule has 0 unspecified atom stereocenters. The third-order valence-corrected chi connectivity index (χ3v) is 6.21. The lowest BCUT2D eigenvalue weighted by molar-refractivity contribution is -0.136. The number of amides is 1. The minimum absolute atomic E-state index is 0.154. The Morgan fingerprint density at radius 3 is 2.68 bits per heavy atom. The molecule has 1 aromatic heterocycles. The van der Waals surface area contributed by atoms with E-state index >= 15 is 0 Å². The van der Waals surface area contributed by atoms with Gasteiger partial charge in [-0.25, -0.2) is 4.39 Å². The number of hydrogen-bond donors (Lipinski definition) is 3. The van der Waals surface area contributed by atoms with Crippen LogP contribution in [-0.4, -0.2) is 54.0 Å². The van der Waals surface area contributed by atoms with Crippen molar-refractivity contribution in [2.45, 2.75) is 58.9 Å². The fourth-order valence-corrected chi connectivity index (χ4v) is 4.30. The maximum atomic E-state index is 13.6. The third-order valence-electron chi connectivity index (χ3n) is 6.21. The summed E-state index contributed by atoms with van der Waals surface area (Å²) in [5, 5.41) is 7.77. The summed E-state index contributed by atoms with van der Waals surface area (Å²) in [5.41, 5.74) is 2.02. The second kappa shape index (κ2) is 11.2. The van der Waals surface area contributed by atoms with E-state index in [1.54, 1.807) is 12.1 Å². The molecule has 1 amide bonds. The number of aromatic amines is 1. The number of halogens is 1. The fourth-order valence-electron chi connectivity index (χ4n) is 4.30. The van der Waals surface area contributed by atoms with Gasteiger partial charge < -0.3 is 20.5 Å². The highest BCUT2D eigenvalue weighted by Gasteiger charge is 2.26. The van der Waals surface area contributed by atoms with E-state index < -0.39 is 0 Å². The Bertz CT molecular complexity index is 881. The molecule has 1 saturated heterocycles. The molecule has 1 aromatic carbocycles. The quantitative estimate of drug-likeness (QED) is 0.441. The number of aliphatic imine (C=N–C) groups is 1. The monoisotopic (exact) mass is 429 g/mol. The van der Waals surface area contributed by atoms with Crippen LogP contribution >= 0.6 is 0 Å². The Morgan fingerprint density at radius 2 is 2.00 bits per heavy atom. The van der Waals surface area contributed by atoms with Gasteiger partial charge in [0.05, 0.1) is 0 Å². The van der Waals surface area contributed by atoms with Crippen molar-refractivity contribution >= 4 is 22.8 Å². The number of aromatic nitrogens is 1. The van der Waals surface area contributed by atoms with Crippen molar-refractivity contribution in [1.82, 2.24) is 20.5 Å². The predicted molar refractivity (Wildman–Crippen MR) is 125 cm³/mol. The van der Waals surface area contributed by atoms with Crippen molar-refractivity contribution in [3.05, 3.63) is 35.8 Å². The molecule has 0 atom stereocenters. The molecule has 0 bridgehead atoms. The molecule has 6 nitrogen and oxygen atoms in total. The van der Waals surface area contributed by atoms with Crippen LogP contribution < -0.4 is 10.6 Å². The second-order valence-electron chi connectivity index (χ2n) is 8.27. The SMILES string of the molecule is CCNC(=NCCc1c[nH]c2ccc(F)cc12)NC1CCN(C(=O)C(CC)CC)CC1. The molecule has 1 aliphatic heterocycles. The number of hydrogen-bond acceptors (Lipinski definition) is 2. The van der Waals surface area contributed by atoms with Gasteiger partial charge in [0.1, 0.15) is 5.82 Å². The molecular formula is C24H36FN5O. The minimum Gasteiger partial charge on any atom is -0.361 e. The summed E-state index contributed by atoms with van der Waals surface area (Å²) in [6.07, 6.45) is 6.35. The van der Waals surface area contributed by atoms with E-state index in [0.29, 0.717) is 18.5 Å². The molecule has 2 heterocycles. The number of rotatable bonds is 8. The van der Waals surface area contributed by atoms with Crippen molar-refractivity contribution < 1.29 is 9.18 Å². The molecule has 170 valence electrons. The van der Waals surface area contributed by atoms with Crippen LogP contribution in [0.2, 0.25) is 0 Å². The zero-order chi connectivity index (χ0) is 22.2. The lowest BCUT2D eigenvalue weighted by Crippen LogP contribution is -2.50. The molecule has 7 heteroatoms. The highest BCUT2D eigenvalue weighted by atomic mass is 19.1. The van der Waals surface area contributed by atoms with Crippen molar-refractivity contribution in [2.24, 2.45) is 10.9 Å². The van der Waals surface area contributed by atoms with Gasteiger partial charge in [-0.15, -0.1) is 0 Å². The van der Waals surface area contributed by atoms with Gasteiger partial charge in [-0.3, -0.25) is 9.79 Å². The van der Waals surface area contributed by atoms with Gasteiger partial charge in [-0.05, 0) is 62.8 Å². The van der Waals surface area contributed by atoms with Crippen LogP contribution in [0, 0.1) is 11.7 Å². The number of likely N-dealkylation sites (tertiary alicyclic amines) is 1. The van der Waals surface area contributed by atoms with Crippen LogP contribution in [0.15, 0.2) is 29.4 Å². The van der Waals surface area contributed by atoms with Gasteiger partial charge in [0, 0.05) is 55.2 Å². The molecule has 31 heavy (non-hydrogen) atoms. The molecule has 0 spiro atoms. The molecule has 0 saturated carbocycles. The topological polar surface area (TPSA) is 72.5 Å². The Balaban J connectivity index is 1.53. The number of nitrogens with zero attached hydrogens (tertiary/aromatic N) is 2. The van der Waals surface area contributed by atoms with Crippen LogP contribution in [0.25, 0.3) is 10.9 Å². The highest BCUT2D eigenvalue weighted by molar-refractivity contribution is 5.83. The molecule has 0 aliphatic carbocycles. The molecule has 3 rings (SSSR count). The van der Waals surface area contributed by atoms with E-state index in [-0.39, 0.29) is 11.7 Å². The second-order valence-corrected chi connectivity index (χ2v) is 8.27. The summed E-state index contributed by atoms with van der Waals surface area (Å²) < 4.78 is 13.6. The zero-order valence-corrected chi connectivity index (χ0v) is 19.0. The Morgan fingerprint density at radius 1 is 1.26 bits per heavy atom. The van der Waals surface area contributed by atoms with E-state index in [1.807, 2.05) is 11.1 Å². The van der Waals surface area contributed by atoms with Gasteiger partial charge in [-0.2, -0.15) is 0 Å². The first-order chi connectivity index (χ1) is 15.0. The van der Waals surface area contributed by atoms with Gasteiger partial charge in [0.2, 0.25) is 5.91 Å². The summed E-state index contributed by atoms with van der Waals surface area (Å²) in [4.78, 5) is 22.5. The van der Waals surface area contributed by atoms with Crippen LogP contribution in [0.3, 0.4) is 0 Å². The summed E-state index contributed by atoms with van der Waals surface area (Å²) in [6, 6.07) is 5.12. The van der Waals surface area contributed by atoms with Crippen molar-refractivity contribution in [1.29, 1.82) is 0 Å². The maximum Gasteiger partial charge on any atom is 0.225 e. The third kappa shape index (κ3) is 5.99. The normalized spacial score (nSPS) is 15.6. The smallest absolute Gasteiger partial charge is 0.225 e. The summed E-state index contributed by atoms with van der Waals surface area (Å²) in [7, 11) is 0. The molecule has 2 aromatic rings. The first-order valence-electron chi connectivity index (χ1n) is 11.6. The number of carbonyl (C=O) groups excluding carboxylic acids is 1. The maximum absolute atomic E-state index is 13.6. The van der Waals surface area contributed by atoms with Crippen molar-refractivity contribution in [3.8, 4) is 0 Å². The van der Waals surface area contributed by atoms with E-state index in [9.17, 15) is 9.18 Å². The zero-order valence-electron chi connectivity index (χ0n) is 19.0. The number of fused-ring (bicyclic) bond motifs is 1. The number of piperidine rings is 1. The molecule has 1 fully saturated rings. The van der Waals surface area contributed by atoms with Crippen LogP contribution in [-0.2, 0) is 11.2 Å². The van der Waals surface area contributed by atoms with Gasteiger partial charge in [0.25, 0.3) is 0 Å². The minimum atomic E-state index is -0.221. The van der Waals surface area contributed by atoms with Crippen LogP contribution in [0.1, 0.15) is 52.0 Å². The molecular weight excluding hydrogens is 393 g/mol. The van der Waals surface area contributed by atoms with Crippen molar-refractivity contribution in [2.75, 3.05) is 26.2 Å². The Kier molecular flexibility index (Phi) is 8.32. The Labute approximate surface area is 184 Å². The van der Waals surface area contributed by atoms with E-state index in [2.05, 4.69) is 36.4 Å². The largest absolute Gasteiger partial charge is 0.361 e. The fraction of sp³-hybridized carbons (Fsp3) is 0.583. The molecule has 3 N–H and O–H groups in total. The Hall–Kier alpha value is -2.57. The lowest BCUT2D eigenvalue weighted by Gasteiger charge is -2.34. The predicted octanol–water partition coefficient (Wildman–Crippen LogP) is 3.83. The number of guanidine groups is 1. The average Bonchev–Trinajstić information content (AvgIpc) is 3.17. The van der Waals surface area contributed by atoms with Crippen LogP contribution in [0.4, 0.5) is 4.39 Å². The lowest BCUT2D eigenvalue weighted by atomic mass is 9.98. The number of benzene rings is 1. The highest BCUT2D eigenvalue weighted by Crippen LogP contribution is 2.20. The van der Waals surface area contributed by atoms with Gasteiger partial charge >= 0.3 is 0 Å². The molecule has 0 radical (unpaired) electrons. The van der Waals surface area contributed by atoms with Gasteiger partial charge in [-0.1, -0.05) is 13.8 Å². The van der Waals surface area contributed by atoms with Crippen molar-refractivity contribution in [3.63, 3.8) is 0 Å². The number of H-pyrrole nitrogens is 1. The first-order valence-corrected chi connectivity index (χ1v) is 11.6. The standard InChI is InChI=1S/C24H36FN5O/c1-4-17(5-2)23(31)30-13-10-20(11-14-30)29-24(26-6-3)27-12-9-18-16-28-22-8-7-19(25)15-21(18)22/h7-8,15-17,20,28H,4-6,9-14H2,1-3H3,(H2,26,27,29). The summed E-state index contributed by atoms with van der Waals surface area (Å²) in [5.74, 6) is 1.04. The van der Waals surface area contributed by atoms with Gasteiger partial charge in [0.15, 0.2) is 5.96 Å². The van der Waals surface area contributed by atoms with E-state index in [1.165, 1.54) is 6.07 Å². The number of nitrogens with one attached hydrogen (secondary N) is 3. The molecule has 1 aliphatic rings. The summed E-state index contributed by atoms with van der Waals surface area (Å²) >= 11 is 0. The van der Waals surface area contributed by atoms with Crippen LogP contribution in [0.5, 0.6) is 0 Å². The number of carbonyl (C=O) groups is 1. The summed E-state index contributed by atoms with van der Waals surface area (Å²) in [6.45, 7) is 9.23. The first kappa shape index (κ1) is 23.1. The average molecular weight is 430 g/mol. The van der Waals surface area contributed by atoms with E-state index in [0.717, 1.165) is 74.2 Å².